The Hall–Kier alpha value is -0.0800. The molecule has 96 valence electrons. The van der Waals surface area contributed by atoms with E-state index in [0.717, 1.165) is 13.0 Å². The van der Waals surface area contributed by atoms with E-state index in [2.05, 4.69) is 13.8 Å². The smallest absolute Gasteiger partial charge is 0.155 e. The first kappa shape index (κ1) is 14.0. The third kappa shape index (κ3) is 4.42. The second-order valence-electron chi connectivity index (χ2n) is 5.38. The van der Waals surface area contributed by atoms with Crippen molar-refractivity contribution in [3.8, 4) is 0 Å². The van der Waals surface area contributed by atoms with Gasteiger partial charge in [-0.15, -0.1) is 0 Å². The van der Waals surface area contributed by atoms with E-state index in [9.17, 15) is 5.11 Å². The van der Waals surface area contributed by atoms with Crippen LogP contribution in [-0.2, 0) is 4.74 Å². The Labute approximate surface area is 100 Å². The van der Waals surface area contributed by atoms with Crippen molar-refractivity contribution in [3.05, 3.63) is 0 Å². The van der Waals surface area contributed by atoms with Crippen LogP contribution in [0.5, 0.6) is 0 Å². The lowest BCUT2D eigenvalue weighted by Gasteiger charge is -2.27. The highest BCUT2D eigenvalue weighted by molar-refractivity contribution is 4.84. The van der Waals surface area contributed by atoms with E-state index in [4.69, 9.17) is 4.74 Å². The van der Waals surface area contributed by atoms with Crippen LogP contribution in [0.1, 0.15) is 71.6 Å². The Morgan fingerprint density at radius 2 is 1.62 bits per heavy atom. The van der Waals surface area contributed by atoms with Crippen molar-refractivity contribution in [2.75, 3.05) is 6.61 Å². The topological polar surface area (TPSA) is 29.5 Å². The number of rotatable bonds is 8. The van der Waals surface area contributed by atoms with Crippen molar-refractivity contribution in [2.45, 2.75) is 77.9 Å². The molecule has 1 unspecified atom stereocenters. The van der Waals surface area contributed by atoms with Gasteiger partial charge in [0.05, 0.1) is 6.61 Å². The van der Waals surface area contributed by atoms with Crippen LogP contribution in [0.4, 0.5) is 0 Å². The summed E-state index contributed by atoms with van der Waals surface area (Å²) in [4.78, 5) is 0. The molecule has 2 nitrogen and oxygen atoms in total. The van der Waals surface area contributed by atoms with Crippen molar-refractivity contribution in [2.24, 2.45) is 5.41 Å². The van der Waals surface area contributed by atoms with E-state index in [-0.39, 0.29) is 0 Å². The fourth-order valence-corrected chi connectivity index (χ4v) is 2.73. The molecule has 0 amide bonds. The second-order valence-corrected chi connectivity index (χ2v) is 5.38. The number of unbranched alkanes of at least 4 members (excludes halogenated alkanes) is 4. The summed E-state index contributed by atoms with van der Waals surface area (Å²) in [5.41, 5.74) is 0.295. The lowest BCUT2D eigenvalue weighted by atomic mass is 9.77. The summed E-state index contributed by atoms with van der Waals surface area (Å²) >= 11 is 0. The Morgan fingerprint density at radius 3 is 2.00 bits per heavy atom. The fraction of sp³-hybridized carbons (Fsp3) is 1.00. The minimum absolute atomic E-state index is 0.295. The average molecular weight is 228 g/mol. The van der Waals surface area contributed by atoms with Crippen molar-refractivity contribution in [3.63, 3.8) is 0 Å². The molecule has 0 spiro atoms. The molecule has 1 fully saturated rings. The number of ether oxygens (including phenoxy) is 1. The van der Waals surface area contributed by atoms with E-state index >= 15 is 0 Å². The van der Waals surface area contributed by atoms with E-state index < -0.39 is 6.29 Å². The third-order valence-corrected chi connectivity index (χ3v) is 3.81. The van der Waals surface area contributed by atoms with Crippen LogP contribution in [-0.4, -0.2) is 18.0 Å². The molecule has 1 atom stereocenters. The molecule has 0 radical (unpaired) electrons. The van der Waals surface area contributed by atoms with Crippen molar-refractivity contribution >= 4 is 0 Å². The van der Waals surface area contributed by atoms with Crippen LogP contribution in [0.15, 0.2) is 0 Å². The minimum atomic E-state index is -0.497. The molecule has 1 aliphatic rings. The van der Waals surface area contributed by atoms with E-state index in [1.54, 1.807) is 0 Å². The molecule has 0 aliphatic carbocycles. The van der Waals surface area contributed by atoms with Gasteiger partial charge in [0.1, 0.15) is 0 Å². The first-order chi connectivity index (χ1) is 7.72. The molecule has 0 aromatic rings. The minimum Gasteiger partial charge on any atom is -0.368 e. The molecule has 1 heterocycles. The number of hydrogen-bond acceptors (Lipinski definition) is 2. The quantitative estimate of drug-likeness (QED) is 0.639. The van der Waals surface area contributed by atoms with Crippen molar-refractivity contribution in [1.82, 2.24) is 0 Å². The maximum atomic E-state index is 9.56. The van der Waals surface area contributed by atoms with Crippen LogP contribution in [0.3, 0.4) is 0 Å². The number of aliphatic hydroxyl groups excluding tert-OH is 1. The molecule has 16 heavy (non-hydrogen) atoms. The van der Waals surface area contributed by atoms with Crippen LogP contribution < -0.4 is 0 Å². The third-order valence-electron chi connectivity index (χ3n) is 3.81. The van der Waals surface area contributed by atoms with Gasteiger partial charge in [0.2, 0.25) is 0 Å². The number of hydrogen-bond donors (Lipinski definition) is 1. The SMILES string of the molecule is CCCCCC1(CCCCC)COC(O)C1. The average Bonchev–Trinajstić information content (AvgIpc) is 2.62. The van der Waals surface area contributed by atoms with Gasteiger partial charge in [-0.3, -0.25) is 0 Å². The standard InChI is InChI=1S/C14H28O2/c1-3-5-7-9-14(10-8-6-4-2)11-13(15)16-12-14/h13,15H,3-12H2,1-2H3. The Morgan fingerprint density at radius 1 is 1.06 bits per heavy atom. The lowest BCUT2D eigenvalue weighted by Crippen LogP contribution is -2.21. The Bertz CT molecular complexity index is 170. The molecule has 1 N–H and O–H groups in total. The summed E-state index contributed by atoms with van der Waals surface area (Å²) in [6.07, 6.45) is 10.6. The van der Waals surface area contributed by atoms with Gasteiger partial charge in [0.25, 0.3) is 0 Å². The number of aliphatic hydroxyl groups is 1. The van der Waals surface area contributed by atoms with Gasteiger partial charge < -0.3 is 9.84 Å². The lowest BCUT2D eigenvalue weighted by molar-refractivity contribution is -0.0597. The summed E-state index contributed by atoms with van der Waals surface area (Å²) in [6.45, 7) is 5.26. The van der Waals surface area contributed by atoms with Gasteiger partial charge >= 0.3 is 0 Å². The van der Waals surface area contributed by atoms with Gasteiger partial charge in [0.15, 0.2) is 6.29 Å². The molecule has 0 saturated carbocycles. The molecule has 2 heteroatoms. The van der Waals surface area contributed by atoms with Gasteiger partial charge in [-0.2, -0.15) is 0 Å². The summed E-state index contributed by atoms with van der Waals surface area (Å²) in [7, 11) is 0. The zero-order valence-electron chi connectivity index (χ0n) is 11.0. The first-order valence-electron chi connectivity index (χ1n) is 7.02. The normalized spacial score (nSPS) is 23.8. The molecular formula is C14H28O2. The Balaban J connectivity index is 2.35. The van der Waals surface area contributed by atoms with E-state index in [1.807, 2.05) is 0 Å². The van der Waals surface area contributed by atoms with E-state index in [1.165, 1.54) is 51.4 Å². The van der Waals surface area contributed by atoms with Crippen LogP contribution in [0.2, 0.25) is 0 Å². The zero-order chi connectivity index (χ0) is 11.9. The van der Waals surface area contributed by atoms with Gasteiger partial charge in [0, 0.05) is 6.42 Å². The van der Waals surface area contributed by atoms with Crippen LogP contribution in [0.25, 0.3) is 0 Å². The summed E-state index contributed by atoms with van der Waals surface area (Å²) in [6, 6.07) is 0. The van der Waals surface area contributed by atoms with Gasteiger partial charge in [-0.1, -0.05) is 52.4 Å². The molecule has 0 aromatic heterocycles. The molecule has 1 saturated heterocycles. The highest BCUT2D eigenvalue weighted by Gasteiger charge is 2.38. The molecule has 1 rings (SSSR count). The predicted molar refractivity (Wildman–Crippen MR) is 67.3 cm³/mol. The highest BCUT2D eigenvalue weighted by atomic mass is 16.6. The Kier molecular flexibility index (Phi) is 6.37. The summed E-state index contributed by atoms with van der Waals surface area (Å²) in [5.74, 6) is 0. The largest absolute Gasteiger partial charge is 0.368 e. The van der Waals surface area contributed by atoms with Crippen molar-refractivity contribution < 1.29 is 9.84 Å². The van der Waals surface area contributed by atoms with Gasteiger partial charge in [-0.25, -0.2) is 0 Å². The first-order valence-corrected chi connectivity index (χ1v) is 7.02. The van der Waals surface area contributed by atoms with Crippen LogP contribution in [0, 0.1) is 5.41 Å². The van der Waals surface area contributed by atoms with Crippen LogP contribution >= 0.6 is 0 Å². The zero-order valence-corrected chi connectivity index (χ0v) is 11.0. The van der Waals surface area contributed by atoms with Gasteiger partial charge in [-0.05, 0) is 18.3 Å². The maximum absolute atomic E-state index is 9.56. The molecule has 0 bridgehead atoms. The summed E-state index contributed by atoms with van der Waals surface area (Å²) in [5, 5.41) is 9.56. The monoisotopic (exact) mass is 228 g/mol. The predicted octanol–water partition coefficient (Wildman–Crippen LogP) is 3.87. The highest BCUT2D eigenvalue weighted by Crippen LogP contribution is 2.41. The van der Waals surface area contributed by atoms with Crippen molar-refractivity contribution in [1.29, 1.82) is 0 Å². The van der Waals surface area contributed by atoms with E-state index in [0.29, 0.717) is 5.41 Å². The maximum Gasteiger partial charge on any atom is 0.155 e. The molecule has 1 aliphatic heterocycles. The second kappa shape index (κ2) is 7.29. The summed E-state index contributed by atoms with van der Waals surface area (Å²) < 4.78 is 5.39. The molecular weight excluding hydrogens is 200 g/mol. The fourth-order valence-electron chi connectivity index (χ4n) is 2.73. The molecule has 0 aromatic carbocycles.